The third-order valence-electron chi connectivity index (χ3n) is 7.40. The Bertz CT molecular complexity index is 1160. The van der Waals surface area contributed by atoms with E-state index in [1.54, 1.807) is 18.2 Å². The van der Waals surface area contributed by atoms with Gasteiger partial charge in [-0.15, -0.1) is 11.3 Å². The number of carbonyl (C=O) groups is 3. The normalized spacial score (nSPS) is 19.3. The number of nitrogens with zero attached hydrogens (tertiary/aromatic N) is 2. The number of morpholine rings is 1. The summed E-state index contributed by atoms with van der Waals surface area (Å²) >= 11 is 7.17. The molecule has 2 aromatic rings. The van der Waals surface area contributed by atoms with Gasteiger partial charge in [-0.2, -0.15) is 0 Å². The SMILES string of the molecule is O=C(NC[C@H](C(=O)Nc1ccc(N2CCOCC2=O)c(F)c1)N(C1CCC1)C1CCC1)c1ccc(Cl)s1. The molecule has 8 nitrogen and oxygen atoms in total. The zero-order valence-electron chi connectivity index (χ0n) is 20.4. The van der Waals surface area contributed by atoms with E-state index in [4.69, 9.17) is 16.3 Å². The van der Waals surface area contributed by atoms with Crippen LogP contribution in [0.3, 0.4) is 0 Å². The fourth-order valence-electron chi connectivity index (χ4n) is 5.02. The van der Waals surface area contributed by atoms with Gasteiger partial charge in [-0.05, 0) is 56.0 Å². The van der Waals surface area contributed by atoms with Gasteiger partial charge in [0, 0.05) is 30.9 Å². The van der Waals surface area contributed by atoms with Crippen LogP contribution in [0.15, 0.2) is 30.3 Å². The Morgan fingerprint density at radius 1 is 1.16 bits per heavy atom. The summed E-state index contributed by atoms with van der Waals surface area (Å²) in [7, 11) is 0. The molecule has 1 atom stereocenters. The third-order valence-corrected chi connectivity index (χ3v) is 8.63. The van der Waals surface area contributed by atoms with Crippen LogP contribution in [0, 0.1) is 5.82 Å². The molecule has 2 saturated carbocycles. The maximum Gasteiger partial charge on any atom is 0.261 e. The quantitative estimate of drug-likeness (QED) is 0.493. The Labute approximate surface area is 224 Å². The first-order valence-electron chi connectivity index (χ1n) is 12.7. The molecule has 0 bridgehead atoms. The number of nitrogens with one attached hydrogen (secondary N) is 2. The van der Waals surface area contributed by atoms with Crippen molar-refractivity contribution in [1.82, 2.24) is 10.2 Å². The van der Waals surface area contributed by atoms with Crippen molar-refractivity contribution in [2.75, 3.05) is 36.5 Å². The van der Waals surface area contributed by atoms with Crippen molar-refractivity contribution < 1.29 is 23.5 Å². The number of benzene rings is 1. The van der Waals surface area contributed by atoms with Crippen molar-refractivity contribution in [3.8, 4) is 0 Å². The lowest BCUT2D eigenvalue weighted by molar-refractivity contribution is -0.126. The molecule has 0 unspecified atom stereocenters. The molecular weight excluding hydrogens is 519 g/mol. The molecular formula is C26H30ClFN4O4S. The van der Waals surface area contributed by atoms with Crippen molar-refractivity contribution in [2.24, 2.45) is 0 Å². The van der Waals surface area contributed by atoms with E-state index in [0.29, 0.717) is 33.6 Å². The number of amides is 3. The Morgan fingerprint density at radius 3 is 2.46 bits per heavy atom. The monoisotopic (exact) mass is 548 g/mol. The summed E-state index contributed by atoms with van der Waals surface area (Å²) in [5.41, 5.74) is 0.464. The smallest absolute Gasteiger partial charge is 0.261 e. The van der Waals surface area contributed by atoms with Crippen molar-refractivity contribution >= 4 is 52.0 Å². The van der Waals surface area contributed by atoms with Crippen LogP contribution >= 0.6 is 22.9 Å². The molecule has 1 saturated heterocycles. The van der Waals surface area contributed by atoms with E-state index in [9.17, 15) is 18.8 Å². The first-order chi connectivity index (χ1) is 17.9. The van der Waals surface area contributed by atoms with Gasteiger partial charge < -0.3 is 20.3 Å². The van der Waals surface area contributed by atoms with Crippen molar-refractivity contribution in [3.63, 3.8) is 0 Å². The number of hydrogen-bond donors (Lipinski definition) is 2. The second-order valence-corrected chi connectivity index (χ2v) is 11.4. The number of ether oxygens (including phenoxy) is 1. The van der Waals surface area contributed by atoms with Crippen LogP contribution in [0.25, 0.3) is 0 Å². The third kappa shape index (κ3) is 5.82. The standard InChI is InChI=1S/C26H30ClFN4O4S/c27-23-10-9-22(37-23)26(35)29-14-21(32(17-3-1-4-17)18-5-2-6-18)25(34)30-16-7-8-20(19(28)13-16)31-11-12-36-15-24(31)33/h7-10,13,17-18,21H,1-6,11-12,14-15H2,(H,29,35)(H,30,34)/t21-/m1/s1. The number of rotatable bonds is 9. The van der Waals surface area contributed by atoms with E-state index in [1.807, 2.05) is 0 Å². The van der Waals surface area contributed by atoms with Gasteiger partial charge in [0.1, 0.15) is 18.5 Å². The molecule has 2 aliphatic carbocycles. The number of hydrogen-bond acceptors (Lipinski definition) is 6. The Morgan fingerprint density at radius 2 is 1.89 bits per heavy atom. The number of carbonyl (C=O) groups excluding carboxylic acids is 3. The molecule has 1 aromatic carbocycles. The molecule has 3 fully saturated rings. The van der Waals surface area contributed by atoms with Gasteiger partial charge in [-0.25, -0.2) is 4.39 Å². The number of anilines is 2. The van der Waals surface area contributed by atoms with Gasteiger partial charge in [-0.1, -0.05) is 24.4 Å². The van der Waals surface area contributed by atoms with Crippen molar-refractivity contribution in [1.29, 1.82) is 0 Å². The van der Waals surface area contributed by atoms with Crippen LogP contribution in [-0.2, 0) is 14.3 Å². The average Bonchev–Trinajstić information content (AvgIpc) is 3.24. The summed E-state index contributed by atoms with van der Waals surface area (Å²) in [5, 5.41) is 5.77. The molecule has 11 heteroatoms. The molecule has 2 heterocycles. The minimum atomic E-state index is -0.599. The molecule has 1 aliphatic heterocycles. The Hall–Kier alpha value is -2.53. The molecule has 198 valence electrons. The molecule has 2 N–H and O–H groups in total. The van der Waals surface area contributed by atoms with E-state index in [-0.39, 0.29) is 43.1 Å². The average molecular weight is 549 g/mol. The van der Waals surface area contributed by atoms with Crippen LogP contribution in [0.2, 0.25) is 4.34 Å². The van der Waals surface area contributed by atoms with Crippen LogP contribution in [0.5, 0.6) is 0 Å². The fourth-order valence-corrected chi connectivity index (χ4v) is 5.98. The minimum Gasteiger partial charge on any atom is -0.370 e. The summed E-state index contributed by atoms with van der Waals surface area (Å²) in [4.78, 5) is 42.6. The lowest BCUT2D eigenvalue weighted by Gasteiger charge is -2.49. The number of halogens is 2. The zero-order chi connectivity index (χ0) is 25.9. The highest BCUT2D eigenvalue weighted by atomic mass is 35.5. The summed E-state index contributed by atoms with van der Waals surface area (Å²) in [6.07, 6.45) is 6.32. The largest absolute Gasteiger partial charge is 0.370 e. The van der Waals surface area contributed by atoms with Gasteiger partial charge in [-0.3, -0.25) is 19.3 Å². The highest BCUT2D eigenvalue weighted by Gasteiger charge is 2.41. The molecule has 5 rings (SSSR count). The molecule has 3 amide bonds. The van der Waals surface area contributed by atoms with E-state index in [1.165, 1.54) is 28.4 Å². The van der Waals surface area contributed by atoms with Gasteiger partial charge in [0.25, 0.3) is 11.8 Å². The van der Waals surface area contributed by atoms with Crippen LogP contribution < -0.4 is 15.5 Å². The van der Waals surface area contributed by atoms with Gasteiger partial charge >= 0.3 is 0 Å². The molecule has 0 radical (unpaired) electrons. The van der Waals surface area contributed by atoms with Crippen LogP contribution in [-0.4, -0.2) is 67.1 Å². The van der Waals surface area contributed by atoms with E-state index in [2.05, 4.69) is 15.5 Å². The predicted molar refractivity (Wildman–Crippen MR) is 141 cm³/mol. The summed E-state index contributed by atoms with van der Waals surface area (Å²) in [5.74, 6) is -1.47. The second-order valence-electron chi connectivity index (χ2n) is 9.70. The highest BCUT2D eigenvalue weighted by Crippen LogP contribution is 2.36. The molecule has 37 heavy (non-hydrogen) atoms. The van der Waals surface area contributed by atoms with E-state index >= 15 is 0 Å². The Kier molecular flexibility index (Phi) is 8.09. The van der Waals surface area contributed by atoms with Gasteiger partial charge in [0.05, 0.1) is 21.5 Å². The topological polar surface area (TPSA) is 91.0 Å². The predicted octanol–water partition coefficient (Wildman–Crippen LogP) is 4.05. The van der Waals surface area contributed by atoms with Gasteiger partial charge in [0.2, 0.25) is 5.91 Å². The fraction of sp³-hybridized carbons (Fsp3) is 0.500. The van der Waals surface area contributed by atoms with Crippen LogP contribution in [0.1, 0.15) is 48.2 Å². The molecule has 3 aliphatic rings. The maximum atomic E-state index is 15.0. The minimum absolute atomic E-state index is 0.0822. The van der Waals surface area contributed by atoms with Gasteiger partial charge in [0.15, 0.2) is 0 Å². The summed E-state index contributed by atoms with van der Waals surface area (Å²) in [6, 6.07) is 7.65. The summed E-state index contributed by atoms with van der Waals surface area (Å²) < 4.78 is 20.6. The first-order valence-corrected chi connectivity index (χ1v) is 13.9. The van der Waals surface area contributed by atoms with E-state index < -0.39 is 11.9 Å². The van der Waals surface area contributed by atoms with Crippen LogP contribution in [0.4, 0.5) is 15.8 Å². The van der Waals surface area contributed by atoms with Crippen molar-refractivity contribution in [2.45, 2.75) is 56.7 Å². The summed E-state index contributed by atoms with van der Waals surface area (Å²) in [6.45, 7) is 0.667. The highest BCUT2D eigenvalue weighted by molar-refractivity contribution is 7.18. The molecule has 1 aromatic heterocycles. The zero-order valence-corrected chi connectivity index (χ0v) is 22.0. The van der Waals surface area contributed by atoms with E-state index in [0.717, 1.165) is 38.5 Å². The lowest BCUT2D eigenvalue weighted by atomic mass is 9.83. The van der Waals surface area contributed by atoms with Crippen molar-refractivity contribution in [3.05, 3.63) is 45.4 Å². The number of thiophene rings is 1. The first kappa shape index (κ1) is 26.1. The Balaban J connectivity index is 1.33. The lowest BCUT2D eigenvalue weighted by Crippen LogP contribution is -2.61. The maximum absolute atomic E-state index is 15.0. The second kappa shape index (κ2) is 11.5. The molecule has 0 spiro atoms.